The van der Waals surface area contributed by atoms with Gasteiger partial charge in [0.05, 0.1) is 16.9 Å². The van der Waals surface area contributed by atoms with E-state index in [9.17, 15) is 18.4 Å². The number of anilines is 3. The molecule has 0 unspecified atom stereocenters. The minimum absolute atomic E-state index is 0.0727. The van der Waals surface area contributed by atoms with E-state index in [1.807, 2.05) is 0 Å². The molecule has 2 aromatic heterocycles. The number of aromatic amines is 1. The lowest BCUT2D eigenvalue weighted by Gasteiger charge is -2.38. The molecule has 0 spiro atoms. The van der Waals surface area contributed by atoms with Gasteiger partial charge >= 0.3 is 0 Å². The third-order valence-corrected chi connectivity index (χ3v) is 4.97. The second-order valence-electron chi connectivity index (χ2n) is 6.99. The number of nitrogens with zero attached hydrogens (tertiary/aromatic N) is 3. The van der Waals surface area contributed by atoms with Crippen molar-refractivity contribution in [2.45, 2.75) is 20.8 Å². The van der Waals surface area contributed by atoms with E-state index >= 15 is 0 Å². The van der Waals surface area contributed by atoms with Gasteiger partial charge in [-0.1, -0.05) is 0 Å². The number of nitrogens with one attached hydrogen (secondary N) is 1. The fraction of sp³-hybridized carbons (Fsp3) is 0.190. The molecule has 1 aliphatic rings. The fourth-order valence-electron chi connectivity index (χ4n) is 3.51. The lowest BCUT2D eigenvalue weighted by atomic mass is 10.1. The summed E-state index contributed by atoms with van der Waals surface area (Å²) in [5.74, 6) is -1.09. The van der Waals surface area contributed by atoms with Crippen molar-refractivity contribution in [3.63, 3.8) is 0 Å². The molecule has 0 radical (unpaired) electrons. The number of carbonyl (C=O) groups excluding carboxylic acids is 1. The van der Waals surface area contributed by atoms with Crippen molar-refractivity contribution < 1.29 is 13.6 Å². The summed E-state index contributed by atoms with van der Waals surface area (Å²) in [6, 6.07) is 8.35. The van der Waals surface area contributed by atoms with Crippen LogP contribution < -0.4 is 15.4 Å². The Kier molecular flexibility index (Phi) is 4.41. The van der Waals surface area contributed by atoms with Gasteiger partial charge in [-0.25, -0.2) is 13.8 Å². The molecule has 8 heteroatoms. The molecule has 29 heavy (non-hydrogen) atoms. The molecule has 1 aromatic carbocycles. The van der Waals surface area contributed by atoms with E-state index < -0.39 is 11.7 Å². The van der Waals surface area contributed by atoms with Gasteiger partial charge in [-0.3, -0.25) is 14.5 Å². The zero-order valence-corrected chi connectivity index (χ0v) is 16.1. The predicted octanol–water partition coefficient (Wildman–Crippen LogP) is 3.73. The third-order valence-electron chi connectivity index (χ3n) is 4.97. The van der Waals surface area contributed by atoms with Crippen LogP contribution in [0.1, 0.15) is 27.3 Å². The maximum absolute atomic E-state index is 14.3. The van der Waals surface area contributed by atoms with E-state index in [-0.39, 0.29) is 29.3 Å². The number of H-pyrrole nitrogens is 1. The van der Waals surface area contributed by atoms with Crippen LogP contribution in [-0.2, 0) is 0 Å². The number of rotatable bonds is 2. The van der Waals surface area contributed by atoms with Gasteiger partial charge in [0.15, 0.2) is 0 Å². The number of aromatic nitrogens is 2. The largest absolute Gasteiger partial charge is 0.324 e. The van der Waals surface area contributed by atoms with Gasteiger partial charge in [-0.05, 0) is 56.7 Å². The van der Waals surface area contributed by atoms with Gasteiger partial charge in [0.1, 0.15) is 24.1 Å². The van der Waals surface area contributed by atoms with E-state index in [0.717, 1.165) is 0 Å². The third kappa shape index (κ3) is 3.16. The highest BCUT2D eigenvalue weighted by molar-refractivity contribution is 6.12. The normalized spacial score (nSPS) is 13.6. The van der Waals surface area contributed by atoms with Crippen molar-refractivity contribution in [3.8, 4) is 0 Å². The summed E-state index contributed by atoms with van der Waals surface area (Å²) in [6.45, 7) is 5.03. The first-order chi connectivity index (χ1) is 13.8. The first kappa shape index (κ1) is 18.8. The average Bonchev–Trinajstić information content (AvgIpc) is 2.65. The Hall–Kier alpha value is -3.55. The highest BCUT2D eigenvalue weighted by atomic mass is 19.1. The number of fused-ring (bicyclic) bond motifs is 1. The van der Waals surface area contributed by atoms with E-state index in [0.29, 0.717) is 28.5 Å². The highest BCUT2D eigenvalue weighted by Crippen LogP contribution is 2.37. The minimum Gasteiger partial charge on any atom is -0.324 e. The summed E-state index contributed by atoms with van der Waals surface area (Å²) in [5.41, 5.74) is 2.25. The fourth-order valence-corrected chi connectivity index (χ4v) is 3.51. The molecule has 0 atom stereocenters. The van der Waals surface area contributed by atoms with Crippen LogP contribution in [0.3, 0.4) is 0 Å². The summed E-state index contributed by atoms with van der Waals surface area (Å²) in [4.78, 5) is 34.9. The summed E-state index contributed by atoms with van der Waals surface area (Å²) in [7, 11) is 0. The van der Waals surface area contributed by atoms with Crippen molar-refractivity contribution in [2.24, 2.45) is 0 Å². The summed E-state index contributed by atoms with van der Waals surface area (Å²) in [6.07, 6.45) is 0. The van der Waals surface area contributed by atoms with E-state index in [4.69, 9.17) is 0 Å². The van der Waals surface area contributed by atoms with Crippen molar-refractivity contribution in [1.29, 1.82) is 0 Å². The zero-order valence-electron chi connectivity index (χ0n) is 16.1. The lowest BCUT2D eigenvalue weighted by molar-refractivity contribution is 0.0982. The smallest absolute Gasteiger partial charge is 0.263 e. The molecule has 1 N–H and O–H groups in total. The number of amides is 1. The van der Waals surface area contributed by atoms with Crippen LogP contribution in [0.15, 0.2) is 41.2 Å². The first-order valence-electron chi connectivity index (χ1n) is 8.99. The maximum atomic E-state index is 14.3. The Bertz CT molecular complexity index is 1210. The lowest BCUT2D eigenvalue weighted by Crippen LogP contribution is -2.46. The molecule has 0 saturated carbocycles. The first-order valence-corrected chi connectivity index (χ1v) is 8.99. The number of aryl methyl sites for hydroxylation is 3. The van der Waals surface area contributed by atoms with Crippen LogP contribution in [0.25, 0.3) is 0 Å². The SMILES string of the molecule is Cc1cc(F)ccc1N1CN(c2ccc(=O)[nH]c2C)C(=O)c2cc(F)c(C)nc21. The molecule has 0 saturated heterocycles. The predicted molar refractivity (Wildman–Crippen MR) is 106 cm³/mol. The van der Waals surface area contributed by atoms with Gasteiger partial charge in [-0.2, -0.15) is 0 Å². The molecule has 148 valence electrons. The number of halogens is 2. The van der Waals surface area contributed by atoms with Gasteiger partial charge in [-0.15, -0.1) is 0 Å². The Balaban J connectivity index is 1.93. The van der Waals surface area contributed by atoms with Crippen molar-refractivity contribution in [1.82, 2.24) is 9.97 Å². The van der Waals surface area contributed by atoms with Gasteiger partial charge in [0.25, 0.3) is 5.91 Å². The Morgan fingerprint density at radius 3 is 2.38 bits per heavy atom. The number of hydrogen-bond donors (Lipinski definition) is 1. The number of pyridine rings is 2. The van der Waals surface area contributed by atoms with Gasteiger partial charge in [0.2, 0.25) is 5.56 Å². The quantitative estimate of drug-likeness (QED) is 0.717. The molecule has 0 bridgehead atoms. The summed E-state index contributed by atoms with van der Waals surface area (Å²) < 4.78 is 27.9. The Labute approximate surface area is 165 Å². The summed E-state index contributed by atoms with van der Waals surface area (Å²) >= 11 is 0. The van der Waals surface area contributed by atoms with E-state index in [2.05, 4.69) is 9.97 Å². The molecule has 4 rings (SSSR count). The molecular formula is C21H18F2N4O2. The van der Waals surface area contributed by atoms with Crippen molar-refractivity contribution in [3.05, 3.63) is 80.9 Å². The second-order valence-corrected chi connectivity index (χ2v) is 6.99. The molecule has 1 aliphatic heterocycles. The molecule has 0 fully saturated rings. The second kappa shape index (κ2) is 6.80. The Morgan fingerprint density at radius 1 is 0.966 bits per heavy atom. The summed E-state index contributed by atoms with van der Waals surface area (Å²) in [5, 5.41) is 0. The highest BCUT2D eigenvalue weighted by Gasteiger charge is 2.34. The van der Waals surface area contributed by atoms with Crippen molar-refractivity contribution >= 4 is 23.1 Å². The van der Waals surface area contributed by atoms with Crippen molar-refractivity contribution in [2.75, 3.05) is 16.5 Å². The Morgan fingerprint density at radius 2 is 1.69 bits per heavy atom. The molecule has 6 nitrogen and oxygen atoms in total. The van der Waals surface area contributed by atoms with Crippen LogP contribution >= 0.6 is 0 Å². The molecule has 3 heterocycles. The van der Waals surface area contributed by atoms with E-state index in [1.54, 1.807) is 30.9 Å². The molecule has 0 aliphatic carbocycles. The maximum Gasteiger partial charge on any atom is 0.263 e. The van der Waals surface area contributed by atoms with Crippen LogP contribution in [0.2, 0.25) is 0 Å². The monoisotopic (exact) mass is 396 g/mol. The van der Waals surface area contributed by atoms with Gasteiger partial charge in [0, 0.05) is 17.4 Å². The van der Waals surface area contributed by atoms with Crippen LogP contribution in [0, 0.1) is 32.4 Å². The topological polar surface area (TPSA) is 69.3 Å². The molecule has 3 aromatic rings. The number of carbonyl (C=O) groups is 1. The van der Waals surface area contributed by atoms with Crippen LogP contribution in [0.4, 0.5) is 26.0 Å². The number of hydrogen-bond acceptors (Lipinski definition) is 4. The average molecular weight is 396 g/mol. The zero-order chi connectivity index (χ0) is 20.9. The molecule has 1 amide bonds. The van der Waals surface area contributed by atoms with Crippen LogP contribution in [0.5, 0.6) is 0 Å². The number of benzene rings is 1. The molecular weight excluding hydrogens is 378 g/mol. The van der Waals surface area contributed by atoms with Crippen LogP contribution in [-0.4, -0.2) is 22.5 Å². The van der Waals surface area contributed by atoms with E-state index in [1.165, 1.54) is 36.1 Å². The standard InChI is InChI=1S/C21H18F2N4O2/c1-11-8-14(22)4-5-17(11)26-10-27(18-6-7-19(28)24-13(18)3)21(29)15-9-16(23)12(2)25-20(15)26/h4-9H,10H2,1-3H3,(H,24,28). The van der Waals surface area contributed by atoms with Gasteiger partial charge < -0.3 is 9.88 Å². The minimum atomic E-state index is -0.590.